The number of carbonyl (C=O) groups excluding carboxylic acids is 1. The molecule has 3 heteroatoms. The number of rotatable bonds is 2. The van der Waals surface area contributed by atoms with Crippen LogP contribution in [0.2, 0.25) is 0 Å². The summed E-state index contributed by atoms with van der Waals surface area (Å²) in [4.78, 5) is 14.9. The van der Waals surface area contributed by atoms with Crippen LogP contribution in [-0.2, 0) is 11.2 Å². The Bertz CT molecular complexity index is 445. The molecule has 66 valence electrons. The standard InChI is InChI=1S/C10H9NO2/c1-7(12)4-8-6-13-10-2-3-11-5-9(8)10/h2-3,5-6H,4H2,1H3. The summed E-state index contributed by atoms with van der Waals surface area (Å²) in [6, 6.07) is 1.79. The molecule has 2 aromatic heterocycles. The van der Waals surface area contributed by atoms with E-state index in [0.29, 0.717) is 6.42 Å². The number of hydrogen-bond donors (Lipinski definition) is 0. The molecule has 2 rings (SSSR count). The molecule has 0 N–H and O–H groups in total. The third-order valence-corrected chi connectivity index (χ3v) is 1.89. The molecule has 2 aromatic rings. The van der Waals surface area contributed by atoms with Gasteiger partial charge in [-0.3, -0.25) is 9.78 Å². The highest BCUT2D eigenvalue weighted by Crippen LogP contribution is 2.19. The van der Waals surface area contributed by atoms with Gasteiger partial charge in [0.15, 0.2) is 0 Å². The summed E-state index contributed by atoms with van der Waals surface area (Å²) in [6.45, 7) is 1.56. The molecule has 0 spiro atoms. The van der Waals surface area contributed by atoms with Crippen LogP contribution in [0.4, 0.5) is 0 Å². The Hall–Kier alpha value is -1.64. The van der Waals surface area contributed by atoms with Crippen molar-refractivity contribution in [3.63, 3.8) is 0 Å². The predicted molar refractivity (Wildman–Crippen MR) is 48.4 cm³/mol. The van der Waals surface area contributed by atoms with Gasteiger partial charge in [0.2, 0.25) is 0 Å². The first kappa shape index (κ1) is 7.98. The average Bonchev–Trinajstić information content (AvgIpc) is 2.48. The molecule has 0 fully saturated rings. The lowest BCUT2D eigenvalue weighted by molar-refractivity contribution is -0.116. The highest BCUT2D eigenvalue weighted by molar-refractivity contribution is 5.86. The maximum Gasteiger partial charge on any atom is 0.137 e. The molecule has 0 bridgehead atoms. The van der Waals surface area contributed by atoms with Gasteiger partial charge >= 0.3 is 0 Å². The molecule has 3 nitrogen and oxygen atoms in total. The number of ketones is 1. The van der Waals surface area contributed by atoms with E-state index in [2.05, 4.69) is 4.98 Å². The van der Waals surface area contributed by atoms with Crippen molar-refractivity contribution in [2.75, 3.05) is 0 Å². The minimum atomic E-state index is 0.131. The first-order valence-corrected chi connectivity index (χ1v) is 4.07. The summed E-state index contributed by atoms with van der Waals surface area (Å²) in [5.74, 6) is 0.131. The van der Waals surface area contributed by atoms with Crippen LogP contribution in [0, 0.1) is 0 Å². The van der Waals surface area contributed by atoms with Crippen molar-refractivity contribution in [1.82, 2.24) is 4.98 Å². The van der Waals surface area contributed by atoms with Crippen LogP contribution >= 0.6 is 0 Å². The van der Waals surface area contributed by atoms with Gasteiger partial charge in [-0.25, -0.2) is 0 Å². The van der Waals surface area contributed by atoms with Gasteiger partial charge < -0.3 is 4.42 Å². The fraction of sp³-hybridized carbons (Fsp3) is 0.200. The molecule has 0 atom stereocenters. The minimum absolute atomic E-state index is 0.131. The van der Waals surface area contributed by atoms with E-state index in [1.807, 2.05) is 0 Å². The van der Waals surface area contributed by atoms with Crippen molar-refractivity contribution < 1.29 is 9.21 Å². The molecule has 0 aliphatic heterocycles. The topological polar surface area (TPSA) is 43.1 Å². The molecule has 0 aliphatic carbocycles. The number of carbonyl (C=O) groups is 1. The van der Waals surface area contributed by atoms with Crippen molar-refractivity contribution in [3.05, 3.63) is 30.3 Å². The number of nitrogens with zero attached hydrogens (tertiary/aromatic N) is 1. The number of Topliss-reactive ketones (excluding diaryl/α,β-unsaturated/α-hetero) is 1. The van der Waals surface area contributed by atoms with Gasteiger partial charge in [-0.05, 0) is 13.0 Å². The van der Waals surface area contributed by atoms with Gasteiger partial charge in [-0.2, -0.15) is 0 Å². The first-order valence-electron chi connectivity index (χ1n) is 4.07. The minimum Gasteiger partial charge on any atom is -0.464 e. The first-order chi connectivity index (χ1) is 6.27. The maximum absolute atomic E-state index is 10.9. The smallest absolute Gasteiger partial charge is 0.137 e. The second-order valence-corrected chi connectivity index (χ2v) is 3.01. The largest absolute Gasteiger partial charge is 0.464 e. The van der Waals surface area contributed by atoms with Crippen LogP contribution < -0.4 is 0 Å². The molecule has 0 aliphatic rings. The van der Waals surface area contributed by atoms with E-state index in [4.69, 9.17) is 4.42 Å². The number of fused-ring (bicyclic) bond motifs is 1. The monoisotopic (exact) mass is 175 g/mol. The van der Waals surface area contributed by atoms with E-state index in [1.165, 1.54) is 0 Å². The van der Waals surface area contributed by atoms with E-state index in [-0.39, 0.29) is 5.78 Å². The summed E-state index contributed by atoms with van der Waals surface area (Å²) < 4.78 is 5.26. The quantitative estimate of drug-likeness (QED) is 0.700. The van der Waals surface area contributed by atoms with Crippen molar-refractivity contribution >= 4 is 16.8 Å². The van der Waals surface area contributed by atoms with Gasteiger partial charge in [-0.15, -0.1) is 0 Å². The summed E-state index contributed by atoms with van der Waals surface area (Å²) >= 11 is 0. The number of pyridine rings is 1. The summed E-state index contributed by atoms with van der Waals surface area (Å²) in [6.07, 6.45) is 5.42. The Kier molecular flexibility index (Phi) is 1.85. The van der Waals surface area contributed by atoms with E-state index >= 15 is 0 Å². The van der Waals surface area contributed by atoms with Crippen LogP contribution in [0.15, 0.2) is 29.1 Å². The van der Waals surface area contributed by atoms with Crippen molar-refractivity contribution in [1.29, 1.82) is 0 Å². The van der Waals surface area contributed by atoms with Gasteiger partial charge in [0, 0.05) is 29.8 Å². The van der Waals surface area contributed by atoms with Gasteiger partial charge in [0.05, 0.1) is 6.26 Å². The lowest BCUT2D eigenvalue weighted by Gasteiger charge is -1.91. The van der Waals surface area contributed by atoms with Crippen LogP contribution in [0.1, 0.15) is 12.5 Å². The SMILES string of the molecule is CC(=O)Cc1coc2ccncc12. The molecule has 13 heavy (non-hydrogen) atoms. The highest BCUT2D eigenvalue weighted by atomic mass is 16.3. The zero-order valence-corrected chi connectivity index (χ0v) is 7.28. The Morgan fingerprint density at radius 1 is 1.62 bits per heavy atom. The molecular weight excluding hydrogens is 166 g/mol. The molecular formula is C10H9NO2. The molecule has 0 aromatic carbocycles. The zero-order valence-electron chi connectivity index (χ0n) is 7.28. The molecule has 0 amide bonds. The van der Waals surface area contributed by atoms with Crippen LogP contribution in [-0.4, -0.2) is 10.8 Å². The number of furan rings is 1. The molecule has 0 saturated carbocycles. The van der Waals surface area contributed by atoms with E-state index in [1.54, 1.807) is 31.6 Å². The van der Waals surface area contributed by atoms with Gasteiger partial charge in [-0.1, -0.05) is 0 Å². The predicted octanol–water partition coefficient (Wildman–Crippen LogP) is 1.96. The second kappa shape index (κ2) is 3.01. The van der Waals surface area contributed by atoms with Crippen LogP contribution in [0.5, 0.6) is 0 Å². The van der Waals surface area contributed by atoms with Crippen LogP contribution in [0.3, 0.4) is 0 Å². The fourth-order valence-corrected chi connectivity index (χ4v) is 1.33. The molecule has 0 saturated heterocycles. The lowest BCUT2D eigenvalue weighted by atomic mass is 10.1. The van der Waals surface area contributed by atoms with E-state index in [0.717, 1.165) is 16.5 Å². The zero-order chi connectivity index (χ0) is 9.26. The highest BCUT2D eigenvalue weighted by Gasteiger charge is 2.06. The summed E-state index contributed by atoms with van der Waals surface area (Å²) in [5.41, 5.74) is 1.70. The Labute approximate surface area is 75.4 Å². The second-order valence-electron chi connectivity index (χ2n) is 3.01. The Morgan fingerprint density at radius 3 is 3.23 bits per heavy atom. The van der Waals surface area contributed by atoms with E-state index in [9.17, 15) is 4.79 Å². The van der Waals surface area contributed by atoms with Crippen molar-refractivity contribution in [3.8, 4) is 0 Å². The normalized spacial score (nSPS) is 10.5. The van der Waals surface area contributed by atoms with E-state index < -0.39 is 0 Å². The third-order valence-electron chi connectivity index (χ3n) is 1.89. The lowest BCUT2D eigenvalue weighted by Crippen LogP contribution is -1.94. The van der Waals surface area contributed by atoms with Crippen molar-refractivity contribution in [2.45, 2.75) is 13.3 Å². The summed E-state index contributed by atoms with van der Waals surface area (Å²) in [5, 5.41) is 0.928. The Morgan fingerprint density at radius 2 is 2.46 bits per heavy atom. The molecule has 2 heterocycles. The van der Waals surface area contributed by atoms with Crippen molar-refractivity contribution in [2.24, 2.45) is 0 Å². The molecule has 0 radical (unpaired) electrons. The summed E-state index contributed by atoms with van der Waals surface area (Å²) in [7, 11) is 0. The maximum atomic E-state index is 10.9. The number of hydrogen-bond acceptors (Lipinski definition) is 3. The van der Waals surface area contributed by atoms with Gasteiger partial charge in [0.1, 0.15) is 11.4 Å². The van der Waals surface area contributed by atoms with Crippen LogP contribution in [0.25, 0.3) is 11.0 Å². The fourth-order valence-electron chi connectivity index (χ4n) is 1.33. The number of aromatic nitrogens is 1. The molecule has 0 unspecified atom stereocenters. The third kappa shape index (κ3) is 1.45. The Balaban J connectivity index is 2.51. The van der Waals surface area contributed by atoms with Gasteiger partial charge in [0.25, 0.3) is 0 Å². The average molecular weight is 175 g/mol.